The number of furan rings is 1. The maximum atomic E-state index is 13.2. The quantitative estimate of drug-likeness (QED) is 0.399. The second kappa shape index (κ2) is 7.38. The number of aromatic nitrogens is 6. The second-order valence-electron chi connectivity index (χ2n) is 6.63. The molecule has 5 aromatic rings. The van der Waals surface area contributed by atoms with Crippen molar-refractivity contribution < 1.29 is 22.3 Å². The van der Waals surface area contributed by atoms with Crippen molar-refractivity contribution in [1.82, 2.24) is 29.7 Å². The van der Waals surface area contributed by atoms with Gasteiger partial charge < -0.3 is 14.1 Å². The highest BCUT2D eigenvalue weighted by atomic mass is 35.5. The highest BCUT2D eigenvalue weighted by Gasteiger charge is 2.35. The Labute approximate surface area is 182 Å². The fourth-order valence-electron chi connectivity index (χ4n) is 3.19. The number of hydrogen-bond acceptors (Lipinski definition) is 6. The molecule has 32 heavy (non-hydrogen) atoms. The predicted octanol–water partition coefficient (Wildman–Crippen LogP) is 5.15. The molecule has 5 rings (SSSR count). The summed E-state index contributed by atoms with van der Waals surface area (Å²) in [5, 5.41) is 4.88. The van der Waals surface area contributed by atoms with Crippen molar-refractivity contribution in [3.63, 3.8) is 0 Å². The van der Waals surface area contributed by atoms with E-state index >= 15 is 0 Å². The predicted molar refractivity (Wildman–Crippen MR) is 109 cm³/mol. The van der Waals surface area contributed by atoms with Gasteiger partial charge in [-0.05, 0) is 24.3 Å². The first kappa shape index (κ1) is 20.1. The number of benzene rings is 1. The molecule has 4 heterocycles. The smallest absolute Gasteiger partial charge is 0.449 e. The fraction of sp³-hybridized carbons (Fsp3) is 0.100. The molecule has 0 unspecified atom stereocenters. The van der Waals surface area contributed by atoms with Gasteiger partial charge in [0.15, 0.2) is 11.6 Å². The van der Waals surface area contributed by atoms with Gasteiger partial charge in [0.05, 0.1) is 41.4 Å². The molecule has 0 spiro atoms. The number of alkyl halides is 3. The number of nitrogens with zero attached hydrogens (tertiary/aromatic N) is 5. The van der Waals surface area contributed by atoms with Crippen molar-refractivity contribution >= 4 is 22.6 Å². The maximum absolute atomic E-state index is 13.2. The van der Waals surface area contributed by atoms with Crippen LogP contribution in [0.2, 0.25) is 5.02 Å². The van der Waals surface area contributed by atoms with Gasteiger partial charge in [0.1, 0.15) is 11.3 Å². The van der Waals surface area contributed by atoms with Crippen molar-refractivity contribution in [3.05, 3.63) is 59.8 Å². The summed E-state index contributed by atoms with van der Waals surface area (Å²) in [5.74, 6) is 0.0681. The van der Waals surface area contributed by atoms with Crippen LogP contribution in [0.25, 0.3) is 39.7 Å². The minimum absolute atomic E-state index is 0.0490. The molecule has 0 aliphatic rings. The summed E-state index contributed by atoms with van der Waals surface area (Å²) in [4.78, 5) is 14.6. The van der Waals surface area contributed by atoms with Crippen LogP contribution in [0.15, 0.2) is 53.4 Å². The minimum Gasteiger partial charge on any atom is -0.495 e. The van der Waals surface area contributed by atoms with Crippen LogP contribution in [-0.4, -0.2) is 36.8 Å². The first-order chi connectivity index (χ1) is 15.3. The number of hydrogen-bond donors (Lipinski definition) is 1. The molecule has 0 aliphatic carbocycles. The van der Waals surface area contributed by atoms with Crippen molar-refractivity contribution in [1.29, 1.82) is 0 Å². The highest BCUT2D eigenvalue weighted by molar-refractivity contribution is 6.32. The van der Waals surface area contributed by atoms with E-state index in [0.717, 1.165) is 0 Å². The van der Waals surface area contributed by atoms with E-state index in [9.17, 15) is 13.2 Å². The minimum atomic E-state index is -4.65. The van der Waals surface area contributed by atoms with Crippen molar-refractivity contribution in [2.45, 2.75) is 6.18 Å². The number of rotatable bonds is 4. The van der Waals surface area contributed by atoms with E-state index in [4.69, 9.17) is 20.8 Å². The summed E-state index contributed by atoms with van der Waals surface area (Å²) in [7, 11) is 1.47. The number of ether oxygens (including phenoxy) is 1. The number of nitrogens with one attached hydrogen (secondary N) is 1. The van der Waals surface area contributed by atoms with Gasteiger partial charge in [-0.25, -0.2) is 14.6 Å². The highest BCUT2D eigenvalue weighted by Crippen LogP contribution is 2.34. The molecule has 0 saturated heterocycles. The maximum Gasteiger partial charge on any atom is 0.449 e. The Hall–Kier alpha value is -3.86. The summed E-state index contributed by atoms with van der Waals surface area (Å²) in [5.41, 5.74) is 0.911. The fourth-order valence-corrected chi connectivity index (χ4v) is 3.38. The first-order valence-electron chi connectivity index (χ1n) is 9.11. The number of halogens is 4. The van der Waals surface area contributed by atoms with E-state index in [2.05, 4.69) is 25.0 Å². The van der Waals surface area contributed by atoms with Gasteiger partial charge in [-0.3, -0.25) is 4.98 Å². The molecule has 4 aromatic heterocycles. The van der Waals surface area contributed by atoms with E-state index in [1.165, 1.54) is 30.4 Å². The molecule has 0 saturated carbocycles. The van der Waals surface area contributed by atoms with E-state index in [-0.39, 0.29) is 28.2 Å². The van der Waals surface area contributed by atoms with Gasteiger partial charge in [-0.2, -0.15) is 13.2 Å². The SMILES string of the molecule is COc1cc(-n2nc(-c3ccco3)nc2-c2cncc3[nH]c(C(F)(F)F)nc23)ccc1Cl. The Morgan fingerprint density at radius 3 is 2.72 bits per heavy atom. The molecule has 0 atom stereocenters. The summed E-state index contributed by atoms with van der Waals surface area (Å²) >= 11 is 6.13. The molecule has 162 valence electrons. The third-order valence-electron chi connectivity index (χ3n) is 4.63. The zero-order chi connectivity index (χ0) is 22.5. The lowest BCUT2D eigenvalue weighted by molar-refractivity contribution is -0.144. The molecule has 1 N–H and O–H groups in total. The standard InChI is InChI=1S/C20H12ClF3N6O2/c1-31-15-7-10(4-5-12(15)21)30-18(28-17(29-30)14-3-2-6-32-14)11-8-25-9-13-16(11)27-19(26-13)20(22,23)24/h2-9H,1H3,(H,26,27). The van der Waals surface area contributed by atoms with Crippen LogP contribution in [0.3, 0.4) is 0 Å². The van der Waals surface area contributed by atoms with Crippen LogP contribution in [-0.2, 0) is 6.18 Å². The molecular formula is C20H12ClF3N6O2. The topological polar surface area (TPSA) is 94.6 Å². The molecule has 1 aromatic carbocycles. The van der Waals surface area contributed by atoms with Crippen LogP contribution < -0.4 is 4.74 Å². The molecule has 0 bridgehead atoms. The van der Waals surface area contributed by atoms with Gasteiger partial charge in [-0.1, -0.05) is 11.6 Å². The Bertz CT molecular complexity index is 1430. The van der Waals surface area contributed by atoms with E-state index in [1.54, 1.807) is 30.3 Å². The number of fused-ring (bicyclic) bond motifs is 1. The Kier molecular flexibility index (Phi) is 4.63. The average molecular weight is 461 g/mol. The van der Waals surface area contributed by atoms with E-state index in [0.29, 0.717) is 22.2 Å². The number of methoxy groups -OCH3 is 1. The monoisotopic (exact) mass is 460 g/mol. The third kappa shape index (κ3) is 3.36. The Balaban J connectivity index is 1.76. The van der Waals surface area contributed by atoms with Crippen LogP contribution in [0.5, 0.6) is 5.75 Å². The first-order valence-corrected chi connectivity index (χ1v) is 9.49. The summed E-state index contributed by atoms with van der Waals surface area (Å²) in [6.07, 6.45) is -0.539. The van der Waals surface area contributed by atoms with Crippen molar-refractivity contribution in [3.8, 4) is 34.4 Å². The summed E-state index contributed by atoms with van der Waals surface area (Å²) in [6, 6.07) is 8.26. The van der Waals surface area contributed by atoms with E-state index < -0.39 is 12.0 Å². The number of aromatic amines is 1. The lowest BCUT2D eigenvalue weighted by Crippen LogP contribution is -2.07. The lowest BCUT2D eigenvalue weighted by atomic mass is 10.2. The number of pyridine rings is 1. The number of imidazole rings is 1. The number of H-pyrrole nitrogens is 1. The Morgan fingerprint density at radius 1 is 1.16 bits per heavy atom. The van der Waals surface area contributed by atoms with E-state index in [1.807, 2.05) is 0 Å². The molecule has 0 fully saturated rings. The van der Waals surface area contributed by atoms with Crippen LogP contribution in [0.4, 0.5) is 13.2 Å². The Morgan fingerprint density at radius 2 is 2.00 bits per heavy atom. The molecule has 0 aliphatic heterocycles. The normalized spacial score (nSPS) is 11.9. The van der Waals surface area contributed by atoms with Gasteiger partial charge in [-0.15, -0.1) is 5.10 Å². The van der Waals surface area contributed by atoms with Gasteiger partial charge >= 0.3 is 6.18 Å². The van der Waals surface area contributed by atoms with Crippen LogP contribution in [0, 0.1) is 0 Å². The van der Waals surface area contributed by atoms with Gasteiger partial charge in [0.2, 0.25) is 11.6 Å². The molecular weight excluding hydrogens is 449 g/mol. The molecule has 8 nitrogen and oxygen atoms in total. The summed E-state index contributed by atoms with van der Waals surface area (Å²) in [6.45, 7) is 0. The van der Waals surface area contributed by atoms with Crippen LogP contribution in [0.1, 0.15) is 5.82 Å². The third-order valence-corrected chi connectivity index (χ3v) is 4.94. The molecule has 0 amide bonds. The zero-order valence-electron chi connectivity index (χ0n) is 16.2. The second-order valence-corrected chi connectivity index (χ2v) is 7.04. The van der Waals surface area contributed by atoms with Crippen LogP contribution >= 0.6 is 11.6 Å². The molecule has 0 radical (unpaired) electrons. The van der Waals surface area contributed by atoms with Crippen molar-refractivity contribution in [2.24, 2.45) is 0 Å². The largest absolute Gasteiger partial charge is 0.495 e. The lowest BCUT2D eigenvalue weighted by Gasteiger charge is -2.09. The van der Waals surface area contributed by atoms with Gasteiger partial charge in [0.25, 0.3) is 0 Å². The summed E-state index contributed by atoms with van der Waals surface area (Å²) < 4.78 is 51.8. The van der Waals surface area contributed by atoms with Gasteiger partial charge in [0, 0.05) is 12.3 Å². The zero-order valence-corrected chi connectivity index (χ0v) is 16.9. The molecule has 12 heteroatoms. The average Bonchev–Trinajstić information content (AvgIpc) is 3.51. The van der Waals surface area contributed by atoms with Crippen molar-refractivity contribution in [2.75, 3.05) is 7.11 Å².